The van der Waals surface area contributed by atoms with Gasteiger partial charge in [0.25, 0.3) is 17.7 Å². The predicted molar refractivity (Wildman–Crippen MR) is 216 cm³/mol. The number of hydrogen-bond acceptors (Lipinski definition) is 12. The van der Waals surface area contributed by atoms with E-state index in [-0.39, 0.29) is 64.0 Å². The largest absolute Gasteiger partial charge is 0.504 e. The normalized spacial score (nSPS) is 10.9. The Morgan fingerprint density at radius 3 is 1.78 bits per heavy atom. The number of carbonyl (C=O) groups is 6. The van der Waals surface area contributed by atoms with Crippen molar-refractivity contribution in [2.45, 2.75) is 25.3 Å². The van der Waals surface area contributed by atoms with Gasteiger partial charge in [-0.1, -0.05) is 6.07 Å². The zero-order valence-electron chi connectivity index (χ0n) is 31.9. The summed E-state index contributed by atoms with van der Waals surface area (Å²) in [6, 6.07) is 22.4. The molecule has 0 spiro atoms. The average Bonchev–Trinajstić information content (AvgIpc) is 3.23. The summed E-state index contributed by atoms with van der Waals surface area (Å²) in [4.78, 5) is 80.3. The Labute approximate surface area is 341 Å². The number of carboxylic acid groups (broad SMARTS) is 1. The fourth-order valence-corrected chi connectivity index (χ4v) is 5.68. The molecular weight excluding hydrogens is 778 g/mol. The van der Waals surface area contributed by atoms with E-state index < -0.39 is 52.7 Å². The number of phenolic OH excluding ortho intramolecular Hbond substituents is 1. The van der Waals surface area contributed by atoms with Gasteiger partial charge >= 0.3 is 5.97 Å². The third-order valence-corrected chi connectivity index (χ3v) is 8.74. The number of pyridine rings is 1. The van der Waals surface area contributed by atoms with Gasteiger partial charge in [-0.05, 0) is 91.3 Å². The van der Waals surface area contributed by atoms with Gasteiger partial charge in [-0.3, -0.25) is 29.0 Å². The Hall–Kier alpha value is -8.46. The lowest BCUT2D eigenvalue weighted by Crippen LogP contribution is -2.43. The highest BCUT2D eigenvalue weighted by molar-refractivity contribution is 6.10. The van der Waals surface area contributed by atoms with Crippen LogP contribution in [-0.2, 0) is 16.0 Å². The van der Waals surface area contributed by atoms with Crippen LogP contribution >= 0.6 is 0 Å². The second kappa shape index (κ2) is 19.6. The third-order valence-electron chi connectivity index (χ3n) is 8.74. The number of aromatic hydroxyl groups is 2. The van der Waals surface area contributed by atoms with Gasteiger partial charge in [0.15, 0.2) is 23.0 Å². The Kier molecular flexibility index (Phi) is 13.9. The number of aromatic carboxylic acids is 1. The third kappa shape index (κ3) is 10.5. The maximum atomic E-state index is 13.2. The van der Waals surface area contributed by atoms with E-state index in [0.29, 0.717) is 12.1 Å². The van der Waals surface area contributed by atoms with Crippen molar-refractivity contribution in [1.29, 1.82) is 5.26 Å². The summed E-state index contributed by atoms with van der Waals surface area (Å²) in [7, 11) is 2.36. The Balaban J connectivity index is 1.17. The van der Waals surface area contributed by atoms with Crippen LogP contribution in [0.25, 0.3) is 0 Å². The van der Waals surface area contributed by atoms with E-state index in [1.165, 1.54) is 73.8 Å². The smallest absolute Gasteiger partial charge is 0.339 e. The number of carbonyl (C=O) groups excluding carboxylic acids is 5. The lowest BCUT2D eigenvalue weighted by molar-refractivity contribution is -0.118. The number of aryl methyl sites for hydroxylation is 1. The molecule has 1 aromatic heterocycles. The summed E-state index contributed by atoms with van der Waals surface area (Å²) in [6.07, 6.45) is 1.97. The zero-order valence-corrected chi connectivity index (χ0v) is 31.9. The summed E-state index contributed by atoms with van der Waals surface area (Å²) < 4.78 is 10.3. The second-order valence-electron chi connectivity index (χ2n) is 12.7. The van der Waals surface area contributed by atoms with Crippen LogP contribution in [-0.4, -0.2) is 76.1 Å². The summed E-state index contributed by atoms with van der Waals surface area (Å²) in [5.41, 5.74) is 0.916. The van der Waals surface area contributed by atoms with Crippen molar-refractivity contribution >= 4 is 58.3 Å². The molecule has 0 radical (unpaired) electrons. The molecule has 0 unspecified atom stereocenters. The first-order valence-electron chi connectivity index (χ1n) is 17.9. The van der Waals surface area contributed by atoms with Crippen LogP contribution in [0.2, 0.25) is 0 Å². The number of benzene rings is 4. The van der Waals surface area contributed by atoms with Gasteiger partial charge in [0, 0.05) is 40.8 Å². The number of anilines is 4. The van der Waals surface area contributed by atoms with Gasteiger partial charge < -0.3 is 51.4 Å². The van der Waals surface area contributed by atoms with Crippen molar-refractivity contribution in [3.63, 3.8) is 0 Å². The zero-order chi connectivity index (χ0) is 43.3. The highest BCUT2D eigenvalue weighted by Gasteiger charge is 2.25. The lowest BCUT2D eigenvalue weighted by atomic mass is 10.1. The van der Waals surface area contributed by atoms with E-state index >= 15 is 0 Å². The van der Waals surface area contributed by atoms with E-state index in [2.05, 4.69) is 31.6 Å². The molecule has 5 rings (SSSR count). The van der Waals surface area contributed by atoms with Gasteiger partial charge in [0.05, 0.1) is 43.6 Å². The van der Waals surface area contributed by atoms with Crippen LogP contribution in [0, 0.1) is 11.3 Å². The summed E-state index contributed by atoms with van der Waals surface area (Å²) in [6.45, 7) is 0. The number of nitriles is 1. The molecule has 1 atom stereocenters. The molecule has 0 aliphatic carbocycles. The second-order valence-corrected chi connectivity index (χ2v) is 12.7. The van der Waals surface area contributed by atoms with Gasteiger partial charge in [-0.15, -0.1) is 0 Å². The number of hydrogen-bond donors (Lipinski definition) is 8. The highest BCUT2D eigenvalue weighted by atomic mass is 16.5. The topological polar surface area (TPSA) is 278 Å². The van der Waals surface area contributed by atoms with Gasteiger partial charge in [-0.2, -0.15) is 5.26 Å². The molecule has 0 saturated carbocycles. The standard InChI is InChI=1S/C42H37N7O11/c1-59-36-30(17-15-28(34(36)51)40(55)48-31-18-16-29(42(57)58)35(52)37(31)60-2)47-38(53)23-8-12-27(13-9-23)46-41(56)32(20-21-43)49-39(54)24-6-10-26(11-7-24)45-33(50)19-14-25-5-3-4-22-44-25/h3-13,15-18,22,32,51-52H,14,19-20H2,1-2H3,(H,45,50)(H,46,56)(H,47,53)(H,48,55)(H,49,54)(H,57,58)/t32-/m0/s1. The molecule has 0 aliphatic rings. The first kappa shape index (κ1) is 42.7. The molecule has 306 valence electrons. The molecule has 18 nitrogen and oxygen atoms in total. The molecule has 5 amide bonds. The molecule has 0 fully saturated rings. The van der Waals surface area contributed by atoms with E-state index in [1.807, 2.05) is 18.2 Å². The van der Waals surface area contributed by atoms with E-state index in [0.717, 1.165) is 18.9 Å². The minimum atomic E-state index is -1.42. The average molecular weight is 816 g/mol. The van der Waals surface area contributed by atoms with Crippen molar-refractivity contribution in [3.8, 4) is 29.1 Å². The monoisotopic (exact) mass is 815 g/mol. The maximum absolute atomic E-state index is 13.2. The fraction of sp³-hybridized carbons (Fsp3) is 0.143. The van der Waals surface area contributed by atoms with Crippen molar-refractivity contribution in [3.05, 3.63) is 125 Å². The Bertz CT molecular complexity index is 2470. The maximum Gasteiger partial charge on any atom is 0.339 e. The molecule has 1 heterocycles. The quantitative estimate of drug-likeness (QED) is 0.0657. The van der Waals surface area contributed by atoms with Crippen LogP contribution in [0.1, 0.15) is 60.0 Å². The number of amides is 5. The minimum absolute atomic E-state index is 0.0129. The number of methoxy groups -OCH3 is 2. The molecule has 0 bridgehead atoms. The molecule has 0 saturated heterocycles. The molecule has 0 aliphatic heterocycles. The van der Waals surface area contributed by atoms with Crippen LogP contribution < -0.4 is 36.1 Å². The van der Waals surface area contributed by atoms with Crippen molar-refractivity contribution in [2.75, 3.05) is 35.5 Å². The molecule has 60 heavy (non-hydrogen) atoms. The number of ether oxygens (including phenoxy) is 2. The molecule has 8 N–H and O–H groups in total. The number of aromatic nitrogens is 1. The van der Waals surface area contributed by atoms with Gasteiger partial charge in [-0.25, -0.2) is 4.79 Å². The number of nitrogens with zero attached hydrogens (tertiary/aromatic N) is 2. The minimum Gasteiger partial charge on any atom is -0.504 e. The van der Waals surface area contributed by atoms with Crippen molar-refractivity contribution in [1.82, 2.24) is 10.3 Å². The van der Waals surface area contributed by atoms with Gasteiger partial charge in [0.1, 0.15) is 11.6 Å². The fourth-order valence-electron chi connectivity index (χ4n) is 5.68. The number of carboxylic acids is 1. The summed E-state index contributed by atoms with van der Waals surface area (Å²) >= 11 is 0. The van der Waals surface area contributed by atoms with Crippen LogP contribution in [0.3, 0.4) is 0 Å². The van der Waals surface area contributed by atoms with E-state index in [1.54, 1.807) is 12.3 Å². The van der Waals surface area contributed by atoms with Gasteiger partial charge in [0.2, 0.25) is 11.8 Å². The van der Waals surface area contributed by atoms with E-state index in [9.17, 15) is 49.3 Å². The predicted octanol–water partition coefficient (Wildman–Crippen LogP) is 4.93. The number of nitrogens with one attached hydrogen (secondary N) is 5. The SMILES string of the molecule is COc1c(NC(=O)c2ccc(NC(=O)c3ccc(NC(=O)[C@H](CC#N)NC(=O)c4ccc(NC(=O)CCc5ccccn5)cc4)cc3)c(OC)c2O)ccc(C(=O)O)c1O. The number of phenols is 2. The van der Waals surface area contributed by atoms with Crippen molar-refractivity contribution < 1.29 is 53.6 Å². The highest BCUT2D eigenvalue weighted by Crippen LogP contribution is 2.40. The molecular formula is C42H37N7O11. The van der Waals surface area contributed by atoms with Crippen LogP contribution in [0.5, 0.6) is 23.0 Å². The lowest BCUT2D eigenvalue weighted by Gasteiger charge is -2.17. The molecule has 18 heteroatoms. The van der Waals surface area contributed by atoms with Crippen molar-refractivity contribution in [2.24, 2.45) is 0 Å². The number of rotatable bonds is 16. The first-order chi connectivity index (χ1) is 28.8. The van der Waals surface area contributed by atoms with E-state index in [4.69, 9.17) is 9.47 Å². The molecule has 5 aromatic rings. The first-order valence-corrected chi connectivity index (χ1v) is 17.9. The van der Waals surface area contributed by atoms with Crippen LogP contribution in [0.4, 0.5) is 22.7 Å². The Morgan fingerprint density at radius 1 is 0.683 bits per heavy atom. The summed E-state index contributed by atoms with van der Waals surface area (Å²) in [5, 5.41) is 52.7. The van der Waals surface area contributed by atoms with Crippen LogP contribution in [0.15, 0.2) is 97.2 Å². The Morgan fingerprint density at radius 2 is 1.23 bits per heavy atom. The molecule has 4 aromatic carbocycles. The summed E-state index contributed by atoms with van der Waals surface area (Å²) in [5.74, 6) is -6.49.